The quantitative estimate of drug-likeness (QED) is 0.427. The summed E-state index contributed by atoms with van der Waals surface area (Å²) in [6, 6.07) is 11.3. The Hall–Kier alpha value is -2.91. The Morgan fingerprint density at radius 2 is 1.68 bits per heavy atom. The Balaban J connectivity index is 1.49. The number of hydrogen-bond donors (Lipinski definition) is 2. The molecule has 0 fully saturated rings. The first-order chi connectivity index (χ1) is 16.0. The van der Waals surface area contributed by atoms with Crippen molar-refractivity contribution in [2.75, 3.05) is 0 Å². The van der Waals surface area contributed by atoms with Gasteiger partial charge >= 0.3 is 12.4 Å². The van der Waals surface area contributed by atoms with E-state index in [9.17, 15) is 31.4 Å². The zero-order chi connectivity index (χ0) is 24.5. The van der Waals surface area contributed by atoms with Crippen molar-refractivity contribution in [1.82, 2.24) is 10.3 Å². The summed E-state index contributed by atoms with van der Waals surface area (Å²) in [6.07, 6.45) is -5.98. The molecule has 4 rings (SSSR count). The van der Waals surface area contributed by atoms with E-state index in [1.807, 2.05) is 18.2 Å². The van der Waals surface area contributed by atoms with Crippen LogP contribution in [0.15, 0.2) is 54.7 Å². The molecular formula is C25H22F6N2O. The van der Waals surface area contributed by atoms with Crippen molar-refractivity contribution >= 4 is 0 Å². The van der Waals surface area contributed by atoms with Gasteiger partial charge in [-0.1, -0.05) is 24.3 Å². The second kappa shape index (κ2) is 9.38. The van der Waals surface area contributed by atoms with Gasteiger partial charge < -0.3 is 10.4 Å². The van der Waals surface area contributed by atoms with Crippen molar-refractivity contribution in [2.45, 2.75) is 50.8 Å². The fraction of sp³-hybridized carbons (Fsp3) is 0.320. The largest absolute Gasteiger partial charge is 0.418 e. The number of rotatable bonds is 6. The van der Waals surface area contributed by atoms with Crippen LogP contribution in [0.1, 0.15) is 57.1 Å². The first-order valence-electron chi connectivity index (χ1n) is 10.7. The molecule has 0 saturated carbocycles. The van der Waals surface area contributed by atoms with Crippen molar-refractivity contribution < 1.29 is 31.4 Å². The maximum Gasteiger partial charge on any atom is 0.418 e. The zero-order valence-electron chi connectivity index (χ0n) is 18.0. The van der Waals surface area contributed by atoms with E-state index in [0.717, 1.165) is 34.9 Å². The van der Waals surface area contributed by atoms with Crippen molar-refractivity contribution in [1.29, 1.82) is 0 Å². The van der Waals surface area contributed by atoms with Crippen LogP contribution in [0.5, 0.6) is 0 Å². The van der Waals surface area contributed by atoms with E-state index in [2.05, 4.69) is 10.3 Å². The van der Waals surface area contributed by atoms with Gasteiger partial charge in [0.25, 0.3) is 0 Å². The highest BCUT2D eigenvalue weighted by atomic mass is 19.4. The van der Waals surface area contributed by atoms with Crippen molar-refractivity contribution in [2.24, 2.45) is 0 Å². The summed E-state index contributed by atoms with van der Waals surface area (Å²) in [6.45, 7) is -0.517. The highest BCUT2D eigenvalue weighted by Crippen LogP contribution is 2.35. The minimum atomic E-state index is -4.50. The van der Waals surface area contributed by atoms with Gasteiger partial charge in [-0.3, -0.25) is 4.98 Å². The lowest BCUT2D eigenvalue weighted by Crippen LogP contribution is -2.22. The molecule has 3 nitrogen and oxygen atoms in total. The van der Waals surface area contributed by atoms with Crippen LogP contribution in [0.3, 0.4) is 0 Å². The van der Waals surface area contributed by atoms with Gasteiger partial charge in [-0.2, -0.15) is 26.3 Å². The van der Waals surface area contributed by atoms with E-state index < -0.39 is 30.1 Å². The van der Waals surface area contributed by atoms with E-state index in [4.69, 9.17) is 0 Å². The monoisotopic (exact) mass is 480 g/mol. The molecule has 3 aromatic rings. The molecule has 0 radical (unpaired) electrons. The Morgan fingerprint density at radius 3 is 2.38 bits per heavy atom. The van der Waals surface area contributed by atoms with Crippen molar-refractivity contribution in [3.05, 3.63) is 99.4 Å². The fourth-order valence-corrected chi connectivity index (χ4v) is 4.41. The first-order valence-corrected chi connectivity index (χ1v) is 10.7. The summed E-state index contributed by atoms with van der Waals surface area (Å²) in [5, 5.41) is 12.5. The lowest BCUT2D eigenvalue weighted by atomic mass is 9.97. The van der Waals surface area contributed by atoms with Gasteiger partial charge in [0.1, 0.15) is 0 Å². The summed E-state index contributed by atoms with van der Waals surface area (Å²) < 4.78 is 79.1. The Morgan fingerprint density at radius 1 is 0.912 bits per heavy atom. The average Bonchev–Trinajstić information content (AvgIpc) is 3.18. The molecule has 2 N–H and O–H groups in total. The summed E-state index contributed by atoms with van der Waals surface area (Å²) >= 11 is 0. The molecule has 9 heteroatoms. The van der Waals surface area contributed by atoms with Crippen LogP contribution in [0.2, 0.25) is 0 Å². The van der Waals surface area contributed by atoms with Gasteiger partial charge in [-0.25, -0.2) is 0 Å². The molecule has 1 aliphatic rings. The molecule has 0 bridgehead atoms. The Bertz CT molecular complexity index is 1170. The van der Waals surface area contributed by atoms with Crippen LogP contribution in [0.4, 0.5) is 26.3 Å². The van der Waals surface area contributed by atoms with E-state index in [0.29, 0.717) is 18.4 Å². The highest BCUT2D eigenvalue weighted by molar-refractivity contribution is 5.41. The lowest BCUT2D eigenvalue weighted by Gasteiger charge is -2.17. The number of benzene rings is 2. The predicted molar refractivity (Wildman–Crippen MR) is 114 cm³/mol. The summed E-state index contributed by atoms with van der Waals surface area (Å²) in [7, 11) is 0. The minimum Gasteiger partial charge on any atom is -0.392 e. The summed E-state index contributed by atoms with van der Waals surface area (Å²) in [5.74, 6) is 0. The number of aliphatic hydroxyl groups excluding tert-OH is 1. The van der Waals surface area contributed by atoms with Crippen molar-refractivity contribution in [3.63, 3.8) is 0 Å². The molecule has 1 aliphatic carbocycles. The number of nitrogens with one attached hydrogen (secondary N) is 1. The molecule has 0 aliphatic heterocycles. The molecule has 2 aromatic carbocycles. The maximum absolute atomic E-state index is 13.2. The molecule has 1 heterocycles. The molecule has 1 unspecified atom stereocenters. The van der Waals surface area contributed by atoms with E-state index in [1.165, 1.54) is 12.3 Å². The molecule has 0 spiro atoms. The Labute approximate surface area is 192 Å². The van der Waals surface area contributed by atoms with Crippen LogP contribution in [-0.2, 0) is 38.3 Å². The lowest BCUT2D eigenvalue weighted by molar-refractivity contribution is -0.139. The third kappa shape index (κ3) is 5.42. The highest BCUT2D eigenvalue weighted by Gasteiger charge is 2.34. The van der Waals surface area contributed by atoms with Crippen molar-refractivity contribution in [3.8, 4) is 0 Å². The standard InChI is InChI=1S/C25H22F6N2O/c26-24(27,28)19-11-16(9-17(12-19)14-34)8-15-3-5-20-18(10-15)4-6-22(20)33-13-23-21(25(29,30)31)2-1-7-32-23/h1-3,5,7,9-12,22,33-34H,4,6,8,13-14H2. The number of aromatic nitrogens is 1. The number of aliphatic hydroxyl groups is 1. The molecular weight excluding hydrogens is 458 g/mol. The average molecular weight is 480 g/mol. The van der Waals surface area contributed by atoms with Gasteiger partial charge in [-0.15, -0.1) is 0 Å². The minimum absolute atomic E-state index is 0.0320. The number of halogens is 6. The number of fused-ring (bicyclic) bond motifs is 1. The topological polar surface area (TPSA) is 45.1 Å². The van der Waals surface area contributed by atoms with Gasteiger partial charge in [0, 0.05) is 18.8 Å². The van der Waals surface area contributed by atoms with Crippen LogP contribution in [0, 0.1) is 0 Å². The van der Waals surface area contributed by atoms with Gasteiger partial charge in [-0.05, 0) is 71.3 Å². The van der Waals surface area contributed by atoms with Gasteiger partial charge in [0.05, 0.1) is 23.4 Å². The fourth-order valence-electron chi connectivity index (χ4n) is 4.41. The predicted octanol–water partition coefficient (Wildman–Crippen LogP) is 5.98. The van der Waals surface area contributed by atoms with Crippen LogP contribution in [0.25, 0.3) is 0 Å². The molecule has 180 valence electrons. The second-order valence-electron chi connectivity index (χ2n) is 8.37. The molecule has 34 heavy (non-hydrogen) atoms. The van der Waals surface area contributed by atoms with Gasteiger partial charge in [0.15, 0.2) is 0 Å². The van der Waals surface area contributed by atoms with E-state index in [-0.39, 0.29) is 30.3 Å². The number of aryl methyl sites for hydroxylation is 1. The summed E-state index contributed by atoms with van der Waals surface area (Å²) in [5.41, 5.74) is 1.82. The van der Waals surface area contributed by atoms with E-state index in [1.54, 1.807) is 6.07 Å². The number of nitrogens with zero attached hydrogens (tertiary/aromatic N) is 1. The Kier molecular flexibility index (Phi) is 6.69. The summed E-state index contributed by atoms with van der Waals surface area (Å²) in [4.78, 5) is 3.88. The number of pyridine rings is 1. The van der Waals surface area contributed by atoms with Crippen LogP contribution >= 0.6 is 0 Å². The normalized spacial score (nSPS) is 16.0. The molecule has 0 amide bonds. The second-order valence-corrected chi connectivity index (χ2v) is 8.37. The third-order valence-corrected chi connectivity index (χ3v) is 5.97. The van der Waals surface area contributed by atoms with Crippen LogP contribution in [-0.4, -0.2) is 10.1 Å². The maximum atomic E-state index is 13.2. The van der Waals surface area contributed by atoms with Crippen LogP contribution < -0.4 is 5.32 Å². The van der Waals surface area contributed by atoms with E-state index >= 15 is 0 Å². The molecule has 0 saturated heterocycles. The molecule has 1 aromatic heterocycles. The number of alkyl halides is 6. The number of hydrogen-bond acceptors (Lipinski definition) is 3. The SMILES string of the molecule is OCc1cc(Cc2ccc3c(c2)CCC3NCc2ncccc2C(F)(F)F)cc(C(F)(F)F)c1. The third-order valence-electron chi connectivity index (χ3n) is 5.97. The smallest absolute Gasteiger partial charge is 0.392 e. The zero-order valence-corrected chi connectivity index (χ0v) is 18.0. The first kappa shape index (κ1) is 24.2. The molecule has 1 atom stereocenters. The van der Waals surface area contributed by atoms with Gasteiger partial charge in [0.2, 0.25) is 0 Å².